The number of ether oxygens (including phenoxy) is 2. The number of thioether (sulfide) groups is 1. The van der Waals surface area contributed by atoms with Gasteiger partial charge in [-0.25, -0.2) is 18.1 Å². The van der Waals surface area contributed by atoms with Crippen LogP contribution in [0.2, 0.25) is 0 Å². The van der Waals surface area contributed by atoms with E-state index in [9.17, 15) is 13.9 Å². The number of aliphatic hydroxyl groups is 2. The predicted molar refractivity (Wildman–Crippen MR) is 115 cm³/mol. The van der Waals surface area contributed by atoms with E-state index in [2.05, 4.69) is 19.0 Å². The number of aromatic nitrogens is 2. The second-order valence-corrected chi connectivity index (χ2v) is 8.53. The normalized spacial score (nSPS) is 16.7. The summed E-state index contributed by atoms with van der Waals surface area (Å²) in [6, 6.07) is 5.57. The molecule has 0 radical (unpaired) electrons. The number of anilines is 1. The molecular formula is C19H24F2N4O4S2. The molecule has 1 aliphatic heterocycles. The molecule has 2 heterocycles. The van der Waals surface area contributed by atoms with Gasteiger partial charge in [-0.05, 0) is 13.0 Å². The molecule has 0 saturated carbocycles. The van der Waals surface area contributed by atoms with E-state index in [0.717, 1.165) is 30.9 Å². The standard InChI is InChI=1S/C19H24F2N4O4S2/c1-12(15(27)10-26)29-17-9-16(24-31-25-5-7-28-8-6-25)22-19(23-17)30-11-13-3-2-4-14(20)18(13)21/h2-4,9,12,15,26-27H,5-8,10-11H2,1H3,(H,22,23,24)/t12-,15-/m1/s1. The van der Waals surface area contributed by atoms with Gasteiger partial charge in [0.1, 0.15) is 18.0 Å². The predicted octanol–water partition coefficient (Wildman–Crippen LogP) is 2.47. The van der Waals surface area contributed by atoms with Gasteiger partial charge in [0.05, 0.1) is 19.8 Å². The van der Waals surface area contributed by atoms with Crippen LogP contribution in [0.25, 0.3) is 0 Å². The Labute approximate surface area is 187 Å². The van der Waals surface area contributed by atoms with Crippen molar-refractivity contribution >= 4 is 29.7 Å². The first-order valence-electron chi connectivity index (χ1n) is 9.62. The van der Waals surface area contributed by atoms with Crippen LogP contribution in [0.4, 0.5) is 14.6 Å². The maximum Gasteiger partial charge on any atom is 0.219 e. The minimum absolute atomic E-state index is 0.123. The van der Waals surface area contributed by atoms with Gasteiger partial charge in [-0.15, -0.1) is 0 Å². The molecule has 1 aromatic heterocycles. The fraction of sp³-hybridized carbons (Fsp3) is 0.474. The SMILES string of the molecule is C[C@@H](Oc1cc(NSN2CCOCC2)nc(SCc2cccc(F)c2F)n1)[C@H](O)CO. The highest BCUT2D eigenvalue weighted by Crippen LogP contribution is 2.27. The molecule has 0 amide bonds. The van der Waals surface area contributed by atoms with Gasteiger partial charge in [-0.2, -0.15) is 4.98 Å². The van der Waals surface area contributed by atoms with E-state index in [4.69, 9.17) is 14.6 Å². The van der Waals surface area contributed by atoms with Crippen molar-refractivity contribution in [1.29, 1.82) is 0 Å². The van der Waals surface area contributed by atoms with E-state index in [1.165, 1.54) is 24.3 Å². The molecule has 0 bridgehead atoms. The number of halogens is 2. The van der Waals surface area contributed by atoms with Crippen LogP contribution in [0, 0.1) is 11.6 Å². The van der Waals surface area contributed by atoms with Crippen molar-refractivity contribution in [2.75, 3.05) is 37.6 Å². The zero-order valence-electron chi connectivity index (χ0n) is 16.8. The fourth-order valence-corrected chi connectivity index (χ4v) is 4.03. The van der Waals surface area contributed by atoms with Crippen molar-refractivity contribution in [1.82, 2.24) is 14.3 Å². The van der Waals surface area contributed by atoms with Crippen LogP contribution in [0.3, 0.4) is 0 Å². The Morgan fingerprint density at radius 3 is 2.81 bits per heavy atom. The number of hydrogen-bond acceptors (Lipinski definition) is 10. The molecule has 2 atom stereocenters. The van der Waals surface area contributed by atoms with Crippen LogP contribution in [-0.2, 0) is 10.5 Å². The summed E-state index contributed by atoms with van der Waals surface area (Å²) in [5.74, 6) is -1.05. The number of aliphatic hydroxyl groups excluding tert-OH is 2. The van der Waals surface area contributed by atoms with Crippen LogP contribution < -0.4 is 9.46 Å². The third-order valence-electron chi connectivity index (χ3n) is 4.36. The molecule has 12 heteroatoms. The molecule has 1 saturated heterocycles. The van der Waals surface area contributed by atoms with Gasteiger partial charge in [0.25, 0.3) is 0 Å². The number of morpholine rings is 1. The topological polar surface area (TPSA) is 100.0 Å². The molecule has 0 unspecified atom stereocenters. The van der Waals surface area contributed by atoms with Crippen LogP contribution in [0.15, 0.2) is 29.4 Å². The van der Waals surface area contributed by atoms with Crippen molar-refractivity contribution in [3.63, 3.8) is 0 Å². The first-order chi connectivity index (χ1) is 15.0. The van der Waals surface area contributed by atoms with Crippen LogP contribution in [0.5, 0.6) is 5.88 Å². The molecule has 0 spiro atoms. The van der Waals surface area contributed by atoms with Crippen LogP contribution in [-0.4, -0.2) is 69.6 Å². The van der Waals surface area contributed by atoms with Gasteiger partial charge in [0.15, 0.2) is 16.8 Å². The molecule has 170 valence electrons. The summed E-state index contributed by atoms with van der Waals surface area (Å²) in [5, 5.41) is 19.2. The zero-order chi connectivity index (χ0) is 22.2. The Balaban J connectivity index is 1.73. The van der Waals surface area contributed by atoms with E-state index in [-0.39, 0.29) is 22.4 Å². The van der Waals surface area contributed by atoms with Gasteiger partial charge < -0.3 is 24.4 Å². The monoisotopic (exact) mass is 474 g/mol. The van der Waals surface area contributed by atoms with Crippen LogP contribution in [0.1, 0.15) is 12.5 Å². The van der Waals surface area contributed by atoms with E-state index in [1.807, 2.05) is 0 Å². The Hall–Kier alpha value is -1.70. The van der Waals surface area contributed by atoms with Gasteiger partial charge in [-0.3, -0.25) is 0 Å². The summed E-state index contributed by atoms with van der Waals surface area (Å²) in [7, 11) is 0. The molecule has 8 nitrogen and oxygen atoms in total. The summed E-state index contributed by atoms with van der Waals surface area (Å²) in [5.41, 5.74) is 0.196. The van der Waals surface area contributed by atoms with E-state index >= 15 is 0 Å². The minimum Gasteiger partial charge on any atom is -0.472 e. The second kappa shape index (κ2) is 11.8. The van der Waals surface area contributed by atoms with E-state index in [1.54, 1.807) is 13.0 Å². The highest BCUT2D eigenvalue weighted by Gasteiger charge is 2.18. The molecule has 1 aliphatic rings. The van der Waals surface area contributed by atoms with Crippen molar-refractivity contribution in [2.24, 2.45) is 0 Å². The average Bonchev–Trinajstić information content (AvgIpc) is 2.78. The van der Waals surface area contributed by atoms with Crippen LogP contribution >= 0.6 is 23.9 Å². The quantitative estimate of drug-likeness (QED) is 0.271. The number of nitrogens with zero attached hydrogens (tertiary/aromatic N) is 3. The highest BCUT2D eigenvalue weighted by atomic mass is 32.2. The van der Waals surface area contributed by atoms with E-state index < -0.39 is 30.4 Å². The zero-order valence-corrected chi connectivity index (χ0v) is 18.5. The summed E-state index contributed by atoms with van der Waals surface area (Å²) in [6.45, 7) is 3.95. The lowest BCUT2D eigenvalue weighted by molar-refractivity contribution is 0.00599. The van der Waals surface area contributed by atoms with Crippen molar-refractivity contribution in [2.45, 2.75) is 30.0 Å². The Bertz CT molecular complexity index is 862. The largest absolute Gasteiger partial charge is 0.472 e. The summed E-state index contributed by atoms with van der Waals surface area (Å²) >= 11 is 2.49. The first kappa shape index (κ1) is 24.0. The van der Waals surface area contributed by atoms with Gasteiger partial charge in [0.2, 0.25) is 5.88 Å². The molecule has 3 rings (SSSR count). The van der Waals surface area contributed by atoms with Gasteiger partial charge >= 0.3 is 0 Å². The molecule has 2 aromatic rings. The molecule has 1 fully saturated rings. The molecule has 0 aliphatic carbocycles. The molecular weight excluding hydrogens is 450 g/mol. The molecule has 31 heavy (non-hydrogen) atoms. The lowest BCUT2D eigenvalue weighted by Gasteiger charge is -2.25. The molecule has 3 N–H and O–H groups in total. The van der Waals surface area contributed by atoms with Gasteiger partial charge in [0, 0.05) is 42.6 Å². The third-order valence-corrected chi connectivity index (χ3v) is 6.18. The summed E-state index contributed by atoms with van der Waals surface area (Å²) in [6.07, 6.45) is -1.79. The maximum atomic E-state index is 14.0. The number of hydrogen-bond donors (Lipinski definition) is 3. The summed E-state index contributed by atoms with van der Waals surface area (Å²) in [4.78, 5) is 8.70. The van der Waals surface area contributed by atoms with Gasteiger partial charge in [-0.1, -0.05) is 23.9 Å². The smallest absolute Gasteiger partial charge is 0.219 e. The molecule has 1 aromatic carbocycles. The maximum absolute atomic E-state index is 14.0. The lowest BCUT2D eigenvalue weighted by Crippen LogP contribution is -2.32. The Morgan fingerprint density at radius 1 is 1.29 bits per heavy atom. The third kappa shape index (κ3) is 7.16. The summed E-state index contributed by atoms with van der Waals surface area (Å²) < 4.78 is 43.6. The first-order valence-corrected chi connectivity index (χ1v) is 11.4. The number of nitrogens with one attached hydrogen (secondary N) is 1. The number of rotatable bonds is 10. The Morgan fingerprint density at radius 2 is 2.06 bits per heavy atom. The van der Waals surface area contributed by atoms with E-state index in [0.29, 0.717) is 19.0 Å². The minimum atomic E-state index is -1.08. The fourth-order valence-electron chi connectivity index (χ4n) is 2.55. The second-order valence-electron chi connectivity index (χ2n) is 6.68. The van der Waals surface area contributed by atoms with Crippen molar-refractivity contribution in [3.05, 3.63) is 41.5 Å². The Kier molecular flexibility index (Phi) is 9.11. The van der Waals surface area contributed by atoms with Crippen molar-refractivity contribution < 1.29 is 28.5 Å². The highest BCUT2D eigenvalue weighted by molar-refractivity contribution is 7.98. The number of benzene rings is 1. The lowest BCUT2D eigenvalue weighted by atomic mass is 10.2. The van der Waals surface area contributed by atoms with Crippen molar-refractivity contribution in [3.8, 4) is 5.88 Å². The average molecular weight is 475 g/mol.